The summed E-state index contributed by atoms with van der Waals surface area (Å²) < 4.78 is 0. The maximum atomic E-state index is 9.37. The number of hydrogen-bond acceptors (Lipinski definition) is 4. The second kappa shape index (κ2) is 6.83. The summed E-state index contributed by atoms with van der Waals surface area (Å²) in [5.41, 5.74) is 2.09. The lowest BCUT2D eigenvalue weighted by Gasteiger charge is -2.15. The van der Waals surface area contributed by atoms with Crippen LogP contribution in [0.15, 0.2) is 48.9 Å². The fourth-order valence-corrected chi connectivity index (χ4v) is 1.77. The van der Waals surface area contributed by atoms with E-state index >= 15 is 0 Å². The van der Waals surface area contributed by atoms with Gasteiger partial charge in [0.25, 0.3) is 0 Å². The fraction of sp³-hybridized carbons (Fsp3) is 0.286. The SMILES string of the molecule is OC[C@@H](Cc1ccccc1)NCc1cnccn1. The fourth-order valence-electron chi connectivity index (χ4n) is 1.77. The van der Waals surface area contributed by atoms with Crippen LogP contribution < -0.4 is 5.32 Å². The molecule has 0 fully saturated rings. The van der Waals surface area contributed by atoms with Crippen LogP contribution in [0.3, 0.4) is 0 Å². The van der Waals surface area contributed by atoms with E-state index in [4.69, 9.17) is 0 Å². The third-order valence-electron chi connectivity index (χ3n) is 2.73. The monoisotopic (exact) mass is 243 g/mol. The summed E-state index contributed by atoms with van der Waals surface area (Å²) in [6.45, 7) is 0.723. The van der Waals surface area contributed by atoms with Gasteiger partial charge in [-0.2, -0.15) is 0 Å². The minimum absolute atomic E-state index is 0.0365. The summed E-state index contributed by atoms with van der Waals surface area (Å²) in [4.78, 5) is 8.19. The predicted molar refractivity (Wildman–Crippen MR) is 69.9 cm³/mol. The van der Waals surface area contributed by atoms with E-state index in [1.165, 1.54) is 5.56 Å². The Labute approximate surface area is 107 Å². The first-order valence-corrected chi connectivity index (χ1v) is 6.01. The lowest BCUT2D eigenvalue weighted by molar-refractivity contribution is 0.240. The topological polar surface area (TPSA) is 58.0 Å². The van der Waals surface area contributed by atoms with Crippen LogP contribution in [0.2, 0.25) is 0 Å². The van der Waals surface area contributed by atoms with Crippen molar-refractivity contribution in [2.45, 2.75) is 19.0 Å². The zero-order chi connectivity index (χ0) is 12.6. The number of nitrogens with zero attached hydrogens (tertiary/aromatic N) is 2. The van der Waals surface area contributed by atoms with Crippen LogP contribution in [0.5, 0.6) is 0 Å². The smallest absolute Gasteiger partial charge is 0.0724 e. The lowest BCUT2D eigenvalue weighted by Crippen LogP contribution is -2.34. The Hall–Kier alpha value is -1.78. The molecule has 1 atom stereocenters. The minimum atomic E-state index is 0.0365. The molecule has 0 aliphatic carbocycles. The van der Waals surface area contributed by atoms with Crippen molar-refractivity contribution in [3.8, 4) is 0 Å². The Morgan fingerprint density at radius 1 is 1.17 bits per heavy atom. The van der Waals surface area contributed by atoms with E-state index < -0.39 is 0 Å². The van der Waals surface area contributed by atoms with E-state index in [2.05, 4.69) is 27.4 Å². The van der Waals surface area contributed by atoms with Gasteiger partial charge >= 0.3 is 0 Å². The molecule has 0 spiro atoms. The van der Waals surface area contributed by atoms with Gasteiger partial charge in [0.05, 0.1) is 12.3 Å². The number of nitrogens with one attached hydrogen (secondary N) is 1. The zero-order valence-electron chi connectivity index (χ0n) is 10.2. The van der Waals surface area contributed by atoms with Gasteiger partial charge in [0.2, 0.25) is 0 Å². The van der Waals surface area contributed by atoms with Crippen LogP contribution in [0.25, 0.3) is 0 Å². The van der Waals surface area contributed by atoms with E-state index in [-0.39, 0.29) is 12.6 Å². The summed E-state index contributed by atoms with van der Waals surface area (Å²) >= 11 is 0. The molecule has 2 rings (SSSR count). The Kier molecular flexibility index (Phi) is 4.81. The average Bonchev–Trinajstić information content (AvgIpc) is 2.45. The van der Waals surface area contributed by atoms with Crippen molar-refractivity contribution >= 4 is 0 Å². The Morgan fingerprint density at radius 2 is 2.00 bits per heavy atom. The third kappa shape index (κ3) is 3.91. The van der Waals surface area contributed by atoms with E-state index in [0.29, 0.717) is 6.54 Å². The van der Waals surface area contributed by atoms with Crippen LogP contribution >= 0.6 is 0 Å². The van der Waals surface area contributed by atoms with Crippen molar-refractivity contribution < 1.29 is 5.11 Å². The summed E-state index contributed by atoms with van der Waals surface area (Å²) in [6.07, 6.45) is 5.85. The highest BCUT2D eigenvalue weighted by atomic mass is 16.3. The molecule has 18 heavy (non-hydrogen) atoms. The molecule has 4 nitrogen and oxygen atoms in total. The van der Waals surface area contributed by atoms with Crippen molar-refractivity contribution in [2.24, 2.45) is 0 Å². The molecule has 2 aromatic rings. The summed E-state index contributed by atoms with van der Waals surface area (Å²) in [6, 6.07) is 10.2. The number of aliphatic hydroxyl groups excluding tert-OH is 1. The molecule has 2 N–H and O–H groups in total. The highest BCUT2D eigenvalue weighted by molar-refractivity contribution is 5.16. The number of hydrogen-bond donors (Lipinski definition) is 2. The normalized spacial score (nSPS) is 12.3. The van der Waals surface area contributed by atoms with Gasteiger partial charge in [0.1, 0.15) is 0 Å². The molecule has 94 valence electrons. The standard InChI is InChI=1S/C14H17N3O/c18-11-13(8-12-4-2-1-3-5-12)17-10-14-9-15-6-7-16-14/h1-7,9,13,17-18H,8,10-11H2/t13-/m1/s1. The molecule has 0 aliphatic rings. The van der Waals surface area contributed by atoms with Crippen molar-refractivity contribution in [1.82, 2.24) is 15.3 Å². The van der Waals surface area contributed by atoms with E-state index in [1.807, 2.05) is 18.2 Å². The molecule has 0 unspecified atom stereocenters. The average molecular weight is 243 g/mol. The van der Waals surface area contributed by atoms with Crippen molar-refractivity contribution in [3.63, 3.8) is 0 Å². The Bertz CT molecular complexity index is 447. The third-order valence-corrected chi connectivity index (χ3v) is 2.73. The summed E-state index contributed by atoms with van der Waals surface area (Å²) in [5, 5.41) is 12.6. The van der Waals surface area contributed by atoms with Gasteiger partial charge in [-0.05, 0) is 12.0 Å². The highest BCUT2D eigenvalue weighted by Crippen LogP contribution is 2.03. The maximum Gasteiger partial charge on any atom is 0.0724 e. The van der Waals surface area contributed by atoms with Crippen LogP contribution in [-0.4, -0.2) is 27.7 Å². The van der Waals surface area contributed by atoms with Crippen molar-refractivity contribution in [3.05, 3.63) is 60.2 Å². The second-order valence-corrected chi connectivity index (χ2v) is 4.15. The second-order valence-electron chi connectivity index (χ2n) is 4.15. The molecular weight excluding hydrogens is 226 g/mol. The molecular formula is C14H17N3O. The molecule has 1 aromatic carbocycles. The van der Waals surface area contributed by atoms with Gasteiger partial charge in [-0.25, -0.2) is 0 Å². The van der Waals surface area contributed by atoms with Gasteiger partial charge < -0.3 is 10.4 Å². The van der Waals surface area contributed by atoms with Crippen LogP contribution in [0.1, 0.15) is 11.3 Å². The first-order valence-electron chi connectivity index (χ1n) is 6.01. The molecule has 0 amide bonds. The summed E-state index contributed by atoms with van der Waals surface area (Å²) in [5.74, 6) is 0. The van der Waals surface area contributed by atoms with Gasteiger partial charge in [0, 0.05) is 31.2 Å². The van der Waals surface area contributed by atoms with E-state index in [9.17, 15) is 5.11 Å². The highest BCUT2D eigenvalue weighted by Gasteiger charge is 2.07. The Balaban J connectivity index is 1.86. The quantitative estimate of drug-likeness (QED) is 0.799. The minimum Gasteiger partial charge on any atom is -0.395 e. The van der Waals surface area contributed by atoms with Crippen LogP contribution in [-0.2, 0) is 13.0 Å². The zero-order valence-corrected chi connectivity index (χ0v) is 10.2. The van der Waals surface area contributed by atoms with Gasteiger partial charge in [0.15, 0.2) is 0 Å². The van der Waals surface area contributed by atoms with Crippen molar-refractivity contribution in [2.75, 3.05) is 6.61 Å². The molecule has 0 saturated carbocycles. The Morgan fingerprint density at radius 3 is 2.67 bits per heavy atom. The van der Waals surface area contributed by atoms with Gasteiger partial charge in [-0.3, -0.25) is 9.97 Å². The number of benzene rings is 1. The van der Waals surface area contributed by atoms with E-state index in [1.54, 1.807) is 18.6 Å². The lowest BCUT2D eigenvalue weighted by atomic mass is 10.1. The first kappa shape index (κ1) is 12.7. The maximum absolute atomic E-state index is 9.37. The molecule has 0 aliphatic heterocycles. The molecule has 0 radical (unpaired) electrons. The first-order chi connectivity index (χ1) is 8.88. The van der Waals surface area contributed by atoms with Crippen LogP contribution in [0, 0.1) is 0 Å². The molecule has 1 aromatic heterocycles. The molecule has 0 saturated heterocycles. The van der Waals surface area contributed by atoms with Crippen LogP contribution in [0.4, 0.5) is 0 Å². The molecule has 0 bridgehead atoms. The predicted octanol–water partition coefficient (Wildman–Crippen LogP) is 1.17. The number of aliphatic hydroxyl groups is 1. The summed E-state index contributed by atoms with van der Waals surface area (Å²) in [7, 11) is 0. The largest absolute Gasteiger partial charge is 0.395 e. The van der Waals surface area contributed by atoms with E-state index in [0.717, 1.165) is 12.1 Å². The van der Waals surface area contributed by atoms with Crippen molar-refractivity contribution in [1.29, 1.82) is 0 Å². The van der Waals surface area contributed by atoms with Gasteiger partial charge in [-0.15, -0.1) is 0 Å². The number of aromatic nitrogens is 2. The molecule has 1 heterocycles. The molecule has 4 heteroatoms. The number of rotatable bonds is 6. The van der Waals surface area contributed by atoms with Gasteiger partial charge in [-0.1, -0.05) is 30.3 Å².